The van der Waals surface area contributed by atoms with E-state index in [9.17, 15) is 4.79 Å². The minimum absolute atomic E-state index is 0.0590. The highest BCUT2D eigenvalue weighted by molar-refractivity contribution is 5.98. The zero-order chi connectivity index (χ0) is 16.4. The van der Waals surface area contributed by atoms with Gasteiger partial charge in [0.05, 0.1) is 11.7 Å². The Labute approximate surface area is 138 Å². The molecule has 118 valence electrons. The van der Waals surface area contributed by atoms with E-state index in [0.717, 1.165) is 33.7 Å². The van der Waals surface area contributed by atoms with Crippen molar-refractivity contribution in [3.05, 3.63) is 72.2 Å². The van der Waals surface area contributed by atoms with Gasteiger partial charge in [0, 0.05) is 35.3 Å². The number of H-pyrrole nitrogens is 1. The summed E-state index contributed by atoms with van der Waals surface area (Å²) in [6.07, 6.45) is 6.10. The van der Waals surface area contributed by atoms with E-state index in [1.165, 1.54) is 0 Å². The predicted octanol–water partition coefficient (Wildman–Crippen LogP) is 3.08. The number of nitrogens with one attached hydrogen (secondary N) is 2. The maximum atomic E-state index is 12.3. The molecule has 0 unspecified atom stereocenters. The zero-order valence-electron chi connectivity index (χ0n) is 13.0. The number of hydrogen-bond acceptors (Lipinski definition) is 3. The van der Waals surface area contributed by atoms with Crippen molar-refractivity contribution in [3.63, 3.8) is 0 Å². The number of aromatic amines is 1. The summed E-state index contributed by atoms with van der Waals surface area (Å²) in [5.41, 5.74) is 2.84. The summed E-state index contributed by atoms with van der Waals surface area (Å²) in [5.74, 6) is -0.0590. The molecule has 0 aliphatic rings. The Kier molecular flexibility index (Phi) is 3.67. The van der Waals surface area contributed by atoms with Crippen molar-refractivity contribution in [2.24, 2.45) is 0 Å². The second kappa shape index (κ2) is 6.12. The number of carbonyl (C=O) groups is 1. The SMILES string of the molecule is O=C(NCCc1ccc2cn[nH]c2c1)c1ccc2cnccc2c1. The van der Waals surface area contributed by atoms with Gasteiger partial charge in [-0.15, -0.1) is 0 Å². The van der Waals surface area contributed by atoms with Gasteiger partial charge in [-0.25, -0.2) is 0 Å². The van der Waals surface area contributed by atoms with Crippen LogP contribution in [0.15, 0.2) is 61.1 Å². The van der Waals surface area contributed by atoms with Crippen molar-refractivity contribution < 1.29 is 4.79 Å². The topological polar surface area (TPSA) is 70.7 Å². The van der Waals surface area contributed by atoms with Crippen molar-refractivity contribution in [2.45, 2.75) is 6.42 Å². The van der Waals surface area contributed by atoms with Gasteiger partial charge in [-0.1, -0.05) is 18.2 Å². The Hall–Kier alpha value is -3.21. The number of rotatable bonds is 4. The Morgan fingerprint density at radius 1 is 1.00 bits per heavy atom. The number of benzene rings is 2. The summed E-state index contributed by atoms with van der Waals surface area (Å²) in [6, 6.07) is 13.7. The van der Waals surface area contributed by atoms with Crippen molar-refractivity contribution in [2.75, 3.05) is 6.54 Å². The van der Waals surface area contributed by atoms with E-state index in [2.05, 4.69) is 32.6 Å². The number of amides is 1. The summed E-state index contributed by atoms with van der Waals surface area (Å²) in [4.78, 5) is 16.4. The first kappa shape index (κ1) is 14.4. The summed E-state index contributed by atoms with van der Waals surface area (Å²) >= 11 is 0. The first-order chi connectivity index (χ1) is 11.8. The van der Waals surface area contributed by atoms with Crippen LogP contribution < -0.4 is 5.32 Å². The highest BCUT2D eigenvalue weighted by atomic mass is 16.1. The Balaban J connectivity index is 1.41. The van der Waals surface area contributed by atoms with Crippen LogP contribution in [0.5, 0.6) is 0 Å². The molecule has 4 aromatic rings. The molecule has 1 amide bonds. The molecule has 0 aliphatic carbocycles. The number of nitrogens with zero attached hydrogens (tertiary/aromatic N) is 2. The van der Waals surface area contributed by atoms with E-state index in [0.29, 0.717) is 12.1 Å². The van der Waals surface area contributed by atoms with Crippen LogP contribution in [-0.4, -0.2) is 27.6 Å². The molecule has 4 rings (SSSR count). The van der Waals surface area contributed by atoms with E-state index in [-0.39, 0.29) is 5.91 Å². The maximum absolute atomic E-state index is 12.3. The molecule has 2 aromatic heterocycles. The molecule has 0 fully saturated rings. The molecule has 2 N–H and O–H groups in total. The largest absolute Gasteiger partial charge is 0.352 e. The Morgan fingerprint density at radius 2 is 1.92 bits per heavy atom. The predicted molar refractivity (Wildman–Crippen MR) is 93.9 cm³/mol. The molecule has 2 aromatic carbocycles. The van der Waals surface area contributed by atoms with Gasteiger partial charge in [-0.05, 0) is 41.6 Å². The van der Waals surface area contributed by atoms with Gasteiger partial charge in [0.25, 0.3) is 5.91 Å². The van der Waals surface area contributed by atoms with Gasteiger partial charge >= 0.3 is 0 Å². The first-order valence-corrected chi connectivity index (χ1v) is 7.83. The molecule has 0 spiro atoms. The van der Waals surface area contributed by atoms with Gasteiger partial charge in [0.2, 0.25) is 0 Å². The summed E-state index contributed by atoms with van der Waals surface area (Å²) in [6.45, 7) is 0.590. The number of aromatic nitrogens is 3. The van der Waals surface area contributed by atoms with Crippen molar-refractivity contribution in [1.29, 1.82) is 0 Å². The summed E-state index contributed by atoms with van der Waals surface area (Å²) in [5, 5.41) is 13.1. The minimum Gasteiger partial charge on any atom is -0.352 e. The van der Waals surface area contributed by atoms with Gasteiger partial charge in [0.1, 0.15) is 0 Å². The molecule has 5 heteroatoms. The third-order valence-electron chi connectivity index (χ3n) is 4.11. The van der Waals surface area contributed by atoms with Crippen LogP contribution >= 0.6 is 0 Å². The third-order valence-corrected chi connectivity index (χ3v) is 4.11. The smallest absolute Gasteiger partial charge is 0.251 e. The van der Waals surface area contributed by atoms with Crippen LogP contribution in [0.3, 0.4) is 0 Å². The molecule has 0 aliphatic heterocycles. The van der Waals surface area contributed by atoms with Crippen LogP contribution in [0.25, 0.3) is 21.7 Å². The van der Waals surface area contributed by atoms with Crippen LogP contribution in [0.4, 0.5) is 0 Å². The van der Waals surface area contributed by atoms with E-state index in [1.54, 1.807) is 18.6 Å². The molecule has 0 radical (unpaired) electrons. The van der Waals surface area contributed by atoms with Crippen LogP contribution in [0, 0.1) is 0 Å². The maximum Gasteiger partial charge on any atom is 0.251 e. The van der Waals surface area contributed by atoms with Crippen LogP contribution in [-0.2, 0) is 6.42 Å². The molecule has 0 saturated heterocycles. The lowest BCUT2D eigenvalue weighted by Gasteiger charge is -2.07. The lowest BCUT2D eigenvalue weighted by molar-refractivity contribution is 0.0954. The highest BCUT2D eigenvalue weighted by Crippen LogP contribution is 2.15. The lowest BCUT2D eigenvalue weighted by Crippen LogP contribution is -2.25. The summed E-state index contributed by atoms with van der Waals surface area (Å²) in [7, 11) is 0. The van der Waals surface area contributed by atoms with Crippen molar-refractivity contribution in [1.82, 2.24) is 20.5 Å². The fourth-order valence-corrected chi connectivity index (χ4v) is 2.79. The van der Waals surface area contributed by atoms with E-state index in [1.807, 2.05) is 30.3 Å². The second-order valence-corrected chi connectivity index (χ2v) is 5.74. The van der Waals surface area contributed by atoms with Gasteiger partial charge in [-0.2, -0.15) is 5.10 Å². The van der Waals surface area contributed by atoms with Gasteiger partial charge in [-0.3, -0.25) is 14.9 Å². The Bertz CT molecular complexity index is 1020. The van der Waals surface area contributed by atoms with Crippen LogP contribution in [0.1, 0.15) is 15.9 Å². The molecular weight excluding hydrogens is 300 g/mol. The van der Waals surface area contributed by atoms with E-state index in [4.69, 9.17) is 0 Å². The molecule has 0 atom stereocenters. The van der Waals surface area contributed by atoms with Crippen LogP contribution in [0.2, 0.25) is 0 Å². The average molecular weight is 316 g/mol. The van der Waals surface area contributed by atoms with Gasteiger partial charge in [0.15, 0.2) is 0 Å². The van der Waals surface area contributed by atoms with Crippen molar-refractivity contribution >= 4 is 27.6 Å². The zero-order valence-corrected chi connectivity index (χ0v) is 13.0. The van der Waals surface area contributed by atoms with Gasteiger partial charge < -0.3 is 5.32 Å². The van der Waals surface area contributed by atoms with E-state index >= 15 is 0 Å². The minimum atomic E-state index is -0.0590. The third kappa shape index (κ3) is 2.84. The molecule has 2 heterocycles. The lowest BCUT2D eigenvalue weighted by atomic mass is 10.1. The molecule has 0 saturated carbocycles. The fraction of sp³-hybridized carbons (Fsp3) is 0.105. The molecule has 24 heavy (non-hydrogen) atoms. The quantitative estimate of drug-likeness (QED) is 0.608. The van der Waals surface area contributed by atoms with E-state index < -0.39 is 0 Å². The molecular formula is C19H16N4O. The highest BCUT2D eigenvalue weighted by Gasteiger charge is 2.06. The normalized spacial score (nSPS) is 11.0. The molecule has 5 nitrogen and oxygen atoms in total. The summed E-state index contributed by atoms with van der Waals surface area (Å²) < 4.78 is 0. The first-order valence-electron chi connectivity index (χ1n) is 7.83. The number of pyridine rings is 1. The number of fused-ring (bicyclic) bond motifs is 2. The molecule has 0 bridgehead atoms. The average Bonchev–Trinajstić information content (AvgIpc) is 3.09. The number of hydrogen-bond donors (Lipinski definition) is 2. The monoisotopic (exact) mass is 316 g/mol. The fourth-order valence-electron chi connectivity index (χ4n) is 2.79. The standard InChI is InChI=1S/C19H16N4O/c24-19(15-3-4-16-11-20-7-6-14(16)10-15)21-8-5-13-1-2-17-12-22-23-18(17)9-13/h1-4,6-7,9-12H,5,8H2,(H,21,24)(H,22,23). The van der Waals surface area contributed by atoms with Crippen molar-refractivity contribution in [3.8, 4) is 0 Å². The Morgan fingerprint density at radius 3 is 2.88 bits per heavy atom. The number of carbonyl (C=O) groups excluding carboxylic acids is 1. The second-order valence-electron chi connectivity index (χ2n) is 5.74.